The van der Waals surface area contributed by atoms with E-state index in [4.69, 9.17) is 0 Å². The van der Waals surface area contributed by atoms with Crippen molar-refractivity contribution < 1.29 is 4.57 Å². The number of benzene rings is 3. The lowest BCUT2D eigenvalue weighted by Crippen LogP contribution is -2.28. The number of aryl methyl sites for hydroxylation is 3. The summed E-state index contributed by atoms with van der Waals surface area (Å²) < 4.78 is 4.40. The van der Waals surface area contributed by atoms with Gasteiger partial charge in [0.1, 0.15) is 7.05 Å². The second kappa shape index (κ2) is 5.43. The molecule has 0 saturated carbocycles. The lowest BCUT2D eigenvalue weighted by atomic mass is 9.97. The number of rotatable bonds is 1. The molecule has 26 heavy (non-hydrogen) atoms. The molecular formula is C24H21N2+. The first kappa shape index (κ1) is 15.2. The molecule has 0 radical (unpaired) electrons. The standard InChI is InChI=1S/C24H21N2/c1-16-5-4-6-20-15-26(3)22-10-9-18(13-21(22)24(16)20)19-8-7-17-11-12-25(2)23(17)14-19/h4-15H,1-3H3/q+1. The van der Waals surface area contributed by atoms with Crippen molar-refractivity contribution in [3.05, 3.63) is 78.6 Å². The molecular weight excluding hydrogens is 316 g/mol. The fraction of sp³-hybridized carbons (Fsp3) is 0.125. The van der Waals surface area contributed by atoms with Crippen LogP contribution in [-0.2, 0) is 14.1 Å². The van der Waals surface area contributed by atoms with Crippen LogP contribution in [0.1, 0.15) is 5.56 Å². The Morgan fingerprint density at radius 1 is 0.846 bits per heavy atom. The van der Waals surface area contributed by atoms with Gasteiger partial charge in [0.15, 0.2) is 6.20 Å². The number of aromatic nitrogens is 2. The largest absolute Gasteiger partial charge is 0.351 e. The summed E-state index contributed by atoms with van der Waals surface area (Å²) in [6.07, 6.45) is 4.34. The van der Waals surface area contributed by atoms with Crippen molar-refractivity contribution in [3.63, 3.8) is 0 Å². The Hall–Kier alpha value is -3.13. The molecule has 0 spiro atoms. The van der Waals surface area contributed by atoms with Crippen LogP contribution in [0.5, 0.6) is 0 Å². The first-order chi connectivity index (χ1) is 12.6. The summed E-state index contributed by atoms with van der Waals surface area (Å²) >= 11 is 0. The minimum atomic E-state index is 1.26. The van der Waals surface area contributed by atoms with E-state index in [1.165, 1.54) is 49.3 Å². The highest BCUT2D eigenvalue weighted by molar-refractivity contribution is 6.07. The summed E-state index contributed by atoms with van der Waals surface area (Å²) in [5.74, 6) is 0. The molecule has 0 saturated heterocycles. The van der Waals surface area contributed by atoms with Gasteiger partial charge in [-0.3, -0.25) is 0 Å². The molecule has 0 amide bonds. The maximum Gasteiger partial charge on any atom is 0.212 e. The van der Waals surface area contributed by atoms with Crippen LogP contribution in [0.2, 0.25) is 0 Å². The van der Waals surface area contributed by atoms with E-state index in [-0.39, 0.29) is 0 Å². The minimum absolute atomic E-state index is 1.26. The van der Waals surface area contributed by atoms with Crippen molar-refractivity contribution in [2.24, 2.45) is 14.1 Å². The summed E-state index contributed by atoms with van der Waals surface area (Å²) in [5, 5.41) is 5.23. The maximum absolute atomic E-state index is 2.34. The maximum atomic E-state index is 2.34. The Morgan fingerprint density at radius 3 is 2.54 bits per heavy atom. The van der Waals surface area contributed by atoms with Crippen LogP contribution in [-0.4, -0.2) is 4.57 Å². The summed E-state index contributed by atoms with van der Waals surface area (Å²) in [6.45, 7) is 2.20. The average Bonchev–Trinajstić information content (AvgIpc) is 3.02. The van der Waals surface area contributed by atoms with Gasteiger partial charge < -0.3 is 4.57 Å². The lowest BCUT2D eigenvalue weighted by Gasteiger charge is -2.09. The van der Waals surface area contributed by atoms with Gasteiger partial charge in [0.25, 0.3) is 0 Å². The number of fused-ring (bicyclic) bond motifs is 4. The molecule has 2 aromatic heterocycles. The van der Waals surface area contributed by atoms with E-state index < -0.39 is 0 Å². The van der Waals surface area contributed by atoms with Crippen LogP contribution in [0, 0.1) is 6.92 Å². The Morgan fingerprint density at radius 2 is 1.65 bits per heavy atom. The van der Waals surface area contributed by atoms with Gasteiger partial charge >= 0.3 is 0 Å². The first-order valence-electron chi connectivity index (χ1n) is 8.99. The Balaban J connectivity index is 1.83. The third-order valence-electron chi connectivity index (χ3n) is 5.51. The number of hydrogen-bond acceptors (Lipinski definition) is 0. The summed E-state index contributed by atoms with van der Waals surface area (Å²) in [4.78, 5) is 0. The second-order valence-corrected chi connectivity index (χ2v) is 7.21. The zero-order chi connectivity index (χ0) is 17.8. The lowest BCUT2D eigenvalue weighted by molar-refractivity contribution is -0.643. The van der Waals surface area contributed by atoms with Gasteiger partial charge in [-0.2, -0.15) is 0 Å². The monoisotopic (exact) mass is 337 g/mol. The van der Waals surface area contributed by atoms with E-state index in [0.29, 0.717) is 0 Å². The SMILES string of the molecule is Cc1cccc2c[n+](C)c3ccc(-c4ccc5ccn(C)c5c4)cc3c12. The molecule has 2 nitrogen and oxygen atoms in total. The first-order valence-corrected chi connectivity index (χ1v) is 8.99. The summed E-state index contributed by atoms with van der Waals surface area (Å²) in [7, 11) is 4.23. The third kappa shape index (κ3) is 2.15. The van der Waals surface area contributed by atoms with E-state index in [9.17, 15) is 0 Å². The zero-order valence-corrected chi connectivity index (χ0v) is 15.3. The van der Waals surface area contributed by atoms with Crippen LogP contribution in [0.15, 0.2) is 73.1 Å². The van der Waals surface area contributed by atoms with Crippen molar-refractivity contribution in [2.45, 2.75) is 6.92 Å². The Kier molecular flexibility index (Phi) is 3.17. The molecule has 126 valence electrons. The van der Waals surface area contributed by atoms with Gasteiger partial charge in [0.05, 0.1) is 5.39 Å². The molecule has 0 bridgehead atoms. The topological polar surface area (TPSA) is 8.81 Å². The van der Waals surface area contributed by atoms with Crippen LogP contribution in [0.4, 0.5) is 0 Å². The van der Waals surface area contributed by atoms with Crippen LogP contribution in [0.25, 0.3) is 43.7 Å². The van der Waals surface area contributed by atoms with Crippen molar-refractivity contribution in [1.29, 1.82) is 0 Å². The zero-order valence-electron chi connectivity index (χ0n) is 15.3. The van der Waals surface area contributed by atoms with Gasteiger partial charge in [-0.05, 0) is 59.3 Å². The summed E-state index contributed by atoms with van der Waals surface area (Å²) in [5.41, 5.74) is 6.37. The number of pyridine rings is 1. The molecule has 0 fully saturated rings. The molecule has 5 rings (SSSR count). The van der Waals surface area contributed by atoms with Gasteiger partial charge in [-0.25, -0.2) is 4.57 Å². The third-order valence-corrected chi connectivity index (χ3v) is 5.51. The summed E-state index contributed by atoms with van der Waals surface area (Å²) in [6, 6.07) is 22.2. The fourth-order valence-corrected chi connectivity index (χ4v) is 4.11. The van der Waals surface area contributed by atoms with Crippen molar-refractivity contribution >= 4 is 32.6 Å². The van der Waals surface area contributed by atoms with Crippen molar-refractivity contribution in [2.75, 3.05) is 0 Å². The normalized spacial score (nSPS) is 11.7. The second-order valence-electron chi connectivity index (χ2n) is 7.21. The van der Waals surface area contributed by atoms with Gasteiger partial charge in [0, 0.05) is 35.6 Å². The molecule has 3 aromatic carbocycles. The number of hydrogen-bond donors (Lipinski definition) is 0. The Labute approximate surface area is 152 Å². The number of nitrogens with zero attached hydrogens (tertiary/aromatic N) is 2. The smallest absolute Gasteiger partial charge is 0.212 e. The van der Waals surface area contributed by atoms with Crippen molar-refractivity contribution in [3.8, 4) is 11.1 Å². The molecule has 0 unspecified atom stereocenters. The van der Waals surface area contributed by atoms with Crippen LogP contribution >= 0.6 is 0 Å². The van der Waals surface area contributed by atoms with E-state index >= 15 is 0 Å². The van der Waals surface area contributed by atoms with Crippen molar-refractivity contribution in [1.82, 2.24) is 4.57 Å². The van der Waals surface area contributed by atoms with E-state index in [0.717, 1.165) is 0 Å². The van der Waals surface area contributed by atoms with E-state index in [2.05, 4.69) is 103 Å². The molecule has 2 heteroatoms. The van der Waals surface area contributed by atoms with Crippen LogP contribution < -0.4 is 4.57 Å². The molecule has 5 aromatic rings. The minimum Gasteiger partial charge on any atom is -0.351 e. The molecule has 0 N–H and O–H groups in total. The van der Waals surface area contributed by atoms with E-state index in [1.807, 2.05) is 0 Å². The molecule has 0 aliphatic carbocycles. The Bertz CT molecular complexity index is 1310. The molecule has 0 aliphatic heterocycles. The highest BCUT2D eigenvalue weighted by atomic mass is 14.9. The van der Waals surface area contributed by atoms with E-state index in [1.54, 1.807) is 0 Å². The van der Waals surface area contributed by atoms with Crippen LogP contribution in [0.3, 0.4) is 0 Å². The predicted molar refractivity (Wildman–Crippen MR) is 109 cm³/mol. The predicted octanol–water partition coefficient (Wildman–Crippen LogP) is 5.28. The molecule has 0 aliphatic rings. The fourth-order valence-electron chi connectivity index (χ4n) is 4.11. The average molecular weight is 337 g/mol. The molecule has 2 heterocycles. The molecule has 0 atom stereocenters. The van der Waals surface area contributed by atoms with Gasteiger partial charge in [-0.1, -0.05) is 24.3 Å². The highest BCUT2D eigenvalue weighted by Crippen LogP contribution is 2.31. The quantitative estimate of drug-likeness (QED) is 0.290. The highest BCUT2D eigenvalue weighted by Gasteiger charge is 2.13. The van der Waals surface area contributed by atoms with Gasteiger partial charge in [-0.15, -0.1) is 0 Å². The van der Waals surface area contributed by atoms with Gasteiger partial charge in [0.2, 0.25) is 5.52 Å².